The smallest absolute Gasteiger partial charge is 0.209 e. The van der Waals surface area contributed by atoms with E-state index in [1.165, 1.54) is 12.8 Å². The van der Waals surface area contributed by atoms with E-state index in [-0.39, 0.29) is 0 Å². The van der Waals surface area contributed by atoms with E-state index in [0.717, 1.165) is 24.0 Å². The van der Waals surface area contributed by atoms with Crippen molar-refractivity contribution in [2.24, 2.45) is 0 Å². The summed E-state index contributed by atoms with van der Waals surface area (Å²) in [5.74, 6) is 0.958. The number of nitrogens with zero attached hydrogens (tertiary/aromatic N) is 4. The van der Waals surface area contributed by atoms with Crippen LogP contribution in [-0.4, -0.2) is 32.0 Å². The fraction of sp³-hybridized carbons (Fsp3) is 0.583. The molecule has 2 heterocycles. The van der Waals surface area contributed by atoms with Crippen LogP contribution in [0, 0.1) is 0 Å². The molecule has 102 valence electrons. The van der Waals surface area contributed by atoms with Gasteiger partial charge < -0.3 is 9.73 Å². The lowest BCUT2D eigenvalue weighted by molar-refractivity contribution is 0.484. The zero-order valence-electron chi connectivity index (χ0n) is 10.8. The standard InChI is InChI=1S/C12H17N5OS/c1-9(7-13-8-11-3-2-6-18-11)19-12-14-15-16-17(12)10-4-5-10/h2-3,6,9-10,13H,4-5,7-8H2,1H3. The fourth-order valence-electron chi connectivity index (χ4n) is 1.84. The van der Waals surface area contributed by atoms with Crippen molar-refractivity contribution in [1.29, 1.82) is 0 Å². The molecule has 1 unspecified atom stereocenters. The van der Waals surface area contributed by atoms with E-state index >= 15 is 0 Å². The number of tetrazole rings is 1. The third-order valence-electron chi connectivity index (χ3n) is 2.97. The summed E-state index contributed by atoms with van der Waals surface area (Å²) in [6.45, 7) is 3.82. The van der Waals surface area contributed by atoms with Crippen LogP contribution in [0.3, 0.4) is 0 Å². The first-order valence-corrected chi connectivity index (χ1v) is 7.38. The molecule has 2 aromatic heterocycles. The maximum atomic E-state index is 5.27. The van der Waals surface area contributed by atoms with Gasteiger partial charge in [-0.2, -0.15) is 0 Å². The van der Waals surface area contributed by atoms with Crippen LogP contribution in [0.2, 0.25) is 0 Å². The van der Waals surface area contributed by atoms with Gasteiger partial charge in [-0.1, -0.05) is 18.7 Å². The highest BCUT2D eigenvalue weighted by atomic mass is 32.2. The molecular weight excluding hydrogens is 262 g/mol. The van der Waals surface area contributed by atoms with Gasteiger partial charge in [-0.3, -0.25) is 0 Å². The largest absolute Gasteiger partial charge is 0.468 e. The SMILES string of the molecule is CC(CNCc1ccco1)Sc1nnnn1C1CC1. The Balaban J connectivity index is 1.45. The average molecular weight is 279 g/mol. The van der Waals surface area contributed by atoms with E-state index in [1.54, 1.807) is 18.0 Å². The summed E-state index contributed by atoms with van der Waals surface area (Å²) < 4.78 is 7.23. The molecule has 0 saturated heterocycles. The second kappa shape index (κ2) is 5.75. The Morgan fingerprint density at radius 3 is 3.21 bits per heavy atom. The van der Waals surface area contributed by atoms with Crippen molar-refractivity contribution in [3.05, 3.63) is 24.2 Å². The van der Waals surface area contributed by atoms with Gasteiger partial charge in [0, 0.05) is 11.8 Å². The first kappa shape index (κ1) is 12.7. The fourth-order valence-corrected chi connectivity index (χ4v) is 2.78. The summed E-state index contributed by atoms with van der Waals surface area (Å²) in [6.07, 6.45) is 4.09. The van der Waals surface area contributed by atoms with Gasteiger partial charge in [-0.15, -0.1) is 5.10 Å². The summed E-state index contributed by atoms with van der Waals surface area (Å²) >= 11 is 1.72. The van der Waals surface area contributed by atoms with Crippen LogP contribution < -0.4 is 5.32 Å². The molecule has 19 heavy (non-hydrogen) atoms. The summed E-state index contributed by atoms with van der Waals surface area (Å²) in [7, 11) is 0. The van der Waals surface area contributed by atoms with Crippen molar-refractivity contribution >= 4 is 11.8 Å². The van der Waals surface area contributed by atoms with Crippen LogP contribution in [0.25, 0.3) is 0 Å². The Morgan fingerprint density at radius 2 is 2.47 bits per heavy atom. The maximum Gasteiger partial charge on any atom is 0.209 e. The zero-order chi connectivity index (χ0) is 13.1. The molecule has 1 fully saturated rings. The number of hydrogen-bond acceptors (Lipinski definition) is 6. The Morgan fingerprint density at radius 1 is 1.58 bits per heavy atom. The molecule has 1 atom stereocenters. The molecular formula is C12H17N5OS. The van der Waals surface area contributed by atoms with Crippen LogP contribution >= 0.6 is 11.8 Å². The molecule has 0 spiro atoms. The molecule has 3 rings (SSSR count). The second-order valence-electron chi connectivity index (χ2n) is 4.78. The number of furan rings is 1. The lowest BCUT2D eigenvalue weighted by Crippen LogP contribution is -2.22. The monoisotopic (exact) mass is 279 g/mol. The number of nitrogens with one attached hydrogen (secondary N) is 1. The second-order valence-corrected chi connectivity index (χ2v) is 6.18. The Kier molecular flexibility index (Phi) is 3.84. The van der Waals surface area contributed by atoms with E-state index in [1.807, 2.05) is 16.8 Å². The van der Waals surface area contributed by atoms with E-state index in [9.17, 15) is 0 Å². The van der Waals surface area contributed by atoms with Gasteiger partial charge in [0.2, 0.25) is 5.16 Å². The van der Waals surface area contributed by atoms with Crippen molar-refractivity contribution in [1.82, 2.24) is 25.5 Å². The van der Waals surface area contributed by atoms with E-state index in [0.29, 0.717) is 11.3 Å². The highest BCUT2D eigenvalue weighted by Gasteiger charge is 2.28. The predicted molar refractivity (Wildman–Crippen MR) is 71.8 cm³/mol. The molecule has 0 aromatic carbocycles. The third-order valence-corrected chi connectivity index (χ3v) is 4.02. The minimum Gasteiger partial charge on any atom is -0.468 e. The quantitative estimate of drug-likeness (QED) is 0.780. The maximum absolute atomic E-state index is 5.27. The normalized spacial score (nSPS) is 16.7. The average Bonchev–Trinajstić information content (AvgIpc) is 2.91. The highest BCUT2D eigenvalue weighted by Crippen LogP contribution is 2.36. The van der Waals surface area contributed by atoms with E-state index in [4.69, 9.17) is 4.42 Å². The first-order valence-electron chi connectivity index (χ1n) is 6.50. The highest BCUT2D eigenvalue weighted by molar-refractivity contribution is 7.99. The topological polar surface area (TPSA) is 68.8 Å². The molecule has 1 aliphatic carbocycles. The van der Waals surface area contributed by atoms with Gasteiger partial charge in [0.25, 0.3) is 0 Å². The summed E-state index contributed by atoms with van der Waals surface area (Å²) in [4.78, 5) is 0. The van der Waals surface area contributed by atoms with Gasteiger partial charge in [0.05, 0.1) is 18.8 Å². The van der Waals surface area contributed by atoms with Gasteiger partial charge in [0.1, 0.15) is 5.76 Å². The summed E-state index contributed by atoms with van der Waals surface area (Å²) in [6, 6.07) is 4.40. The molecule has 7 heteroatoms. The summed E-state index contributed by atoms with van der Waals surface area (Å²) in [5.41, 5.74) is 0. The Bertz CT molecular complexity index is 508. The van der Waals surface area contributed by atoms with Gasteiger partial charge in [-0.25, -0.2) is 4.68 Å². The van der Waals surface area contributed by atoms with Crippen molar-refractivity contribution < 1.29 is 4.42 Å². The van der Waals surface area contributed by atoms with E-state index < -0.39 is 0 Å². The number of rotatable bonds is 7. The molecule has 0 aliphatic heterocycles. The first-order chi connectivity index (χ1) is 9.33. The predicted octanol–water partition coefficient (Wildman–Crippen LogP) is 1.87. The Labute approximate surface area is 115 Å². The van der Waals surface area contributed by atoms with Crippen LogP contribution in [0.4, 0.5) is 0 Å². The lowest BCUT2D eigenvalue weighted by atomic mass is 10.4. The molecule has 0 bridgehead atoms. The van der Waals surface area contributed by atoms with Gasteiger partial charge in [-0.05, 0) is 35.4 Å². The Hall–Kier alpha value is -1.34. The molecule has 0 radical (unpaired) electrons. The van der Waals surface area contributed by atoms with Crippen LogP contribution in [-0.2, 0) is 6.54 Å². The number of hydrogen-bond donors (Lipinski definition) is 1. The zero-order valence-corrected chi connectivity index (χ0v) is 11.6. The van der Waals surface area contributed by atoms with Crippen LogP contribution in [0.1, 0.15) is 31.6 Å². The lowest BCUT2D eigenvalue weighted by Gasteiger charge is -2.11. The third kappa shape index (κ3) is 3.36. The van der Waals surface area contributed by atoms with Crippen LogP contribution in [0.15, 0.2) is 28.0 Å². The van der Waals surface area contributed by atoms with Crippen molar-refractivity contribution in [3.63, 3.8) is 0 Å². The minimum atomic E-state index is 0.415. The van der Waals surface area contributed by atoms with Crippen molar-refractivity contribution in [3.8, 4) is 0 Å². The molecule has 1 saturated carbocycles. The van der Waals surface area contributed by atoms with Crippen molar-refractivity contribution in [2.75, 3.05) is 6.54 Å². The minimum absolute atomic E-state index is 0.415. The molecule has 1 N–H and O–H groups in total. The van der Waals surface area contributed by atoms with Crippen LogP contribution in [0.5, 0.6) is 0 Å². The summed E-state index contributed by atoms with van der Waals surface area (Å²) in [5, 5.41) is 16.6. The molecule has 6 nitrogen and oxygen atoms in total. The van der Waals surface area contributed by atoms with Gasteiger partial charge >= 0.3 is 0 Å². The molecule has 1 aliphatic rings. The van der Waals surface area contributed by atoms with Crippen molar-refractivity contribution in [2.45, 2.75) is 42.8 Å². The van der Waals surface area contributed by atoms with E-state index in [2.05, 4.69) is 27.8 Å². The number of thioether (sulfide) groups is 1. The molecule has 0 amide bonds. The number of aromatic nitrogens is 4. The molecule has 2 aromatic rings. The van der Waals surface area contributed by atoms with Gasteiger partial charge in [0.15, 0.2) is 0 Å².